The highest BCUT2D eigenvalue weighted by molar-refractivity contribution is 7.99. The van der Waals surface area contributed by atoms with Gasteiger partial charge in [0.15, 0.2) is 6.61 Å². The van der Waals surface area contributed by atoms with Gasteiger partial charge in [0.1, 0.15) is 0 Å². The van der Waals surface area contributed by atoms with E-state index in [2.05, 4.69) is 10.5 Å². The lowest BCUT2D eigenvalue weighted by Crippen LogP contribution is -2.17. The fourth-order valence-corrected chi connectivity index (χ4v) is 3.64. The van der Waals surface area contributed by atoms with Crippen LogP contribution < -0.4 is 5.32 Å². The van der Waals surface area contributed by atoms with Crippen molar-refractivity contribution >= 4 is 52.8 Å². The van der Waals surface area contributed by atoms with Gasteiger partial charge >= 0.3 is 0 Å². The fourth-order valence-electron chi connectivity index (χ4n) is 2.26. The molecule has 0 saturated heterocycles. The monoisotopic (exact) mass is 430 g/mol. The largest absolute Gasteiger partial charge is 0.386 e. The van der Waals surface area contributed by atoms with E-state index in [4.69, 9.17) is 28.0 Å². The first-order valence-corrected chi connectivity index (χ1v) is 9.91. The molecule has 0 unspecified atom stereocenters. The van der Waals surface area contributed by atoms with Crippen LogP contribution in [-0.2, 0) is 9.63 Å². The lowest BCUT2D eigenvalue weighted by Gasteiger charge is -2.10. The van der Waals surface area contributed by atoms with Crippen molar-refractivity contribution in [3.05, 3.63) is 88.4 Å². The second-order valence-corrected chi connectivity index (χ2v) is 7.59. The first kappa shape index (κ1) is 20.3. The van der Waals surface area contributed by atoms with Crippen LogP contribution in [0.4, 0.5) is 5.69 Å². The van der Waals surface area contributed by atoms with Crippen molar-refractivity contribution in [2.75, 3.05) is 11.9 Å². The van der Waals surface area contributed by atoms with Gasteiger partial charge in [-0.25, -0.2) is 0 Å². The quantitative estimate of drug-likeness (QED) is 0.362. The van der Waals surface area contributed by atoms with E-state index < -0.39 is 0 Å². The van der Waals surface area contributed by atoms with Crippen molar-refractivity contribution < 1.29 is 9.63 Å². The van der Waals surface area contributed by atoms with Crippen LogP contribution in [0.5, 0.6) is 0 Å². The van der Waals surface area contributed by atoms with Crippen LogP contribution in [0.1, 0.15) is 5.56 Å². The first-order chi connectivity index (χ1) is 13.6. The molecule has 28 heavy (non-hydrogen) atoms. The highest BCUT2D eigenvalue weighted by Crippen LogP contribution is 2.33. The predicted octanol–water partition coefficient (Wildman–Crippen LogP) is 6.13. The number of carbonyl (C=O) groups is 1. The predicted molar refractivity (Wildman–Crippen MR) is 116 cm³/mol. The maximum Gasteiger partial charge on any atom is 0.265 e. The molecule has 0 aliphatic heterocycles. The number of hydrogen-bond acceptors (Lipinski definition) is 4. The molecule has 142 valence electrons. The molecule has 1 amide bonds. The minimum Gasteiger partial charge on any atom is -0.386 e. The number of benzene rings is 3. The molecule has 7 heteroatoms. The molecule has 0 bridgehead atoms. The molecular weight excluding hydrogens is 415 g/mol. The molecule has 0 spiro atoms. The lowest BCUT2D eigenvalue weighted by molar-refractivity contribution is -0.120. The number of oxime groups is 1. The summed E-state index contributed by atoms with van der Waals surface area (Å²) in [5, 5.41) is 7.62. The van der Waals surface area contributed by atoms with Crippen molar-refractivity contribution in [3.8, 4) is 0 Å². The summed E-state index contributed by atoms with van der Waals surface area (Å²) in [6.45, 7) is -0.216. The Morgan fingerprint density at radius 2 is 1.79 bits per heavy atom. The van der Waals surface area contributed by atoms with E-state index in [1.807, 2.05) is 54.6 Å². The number of amides is 1. The number of nitrogens with one attached hydrogen (secondary N) is 1. The SMILES string of the molecule is O=C(CO/N=C\c1ccc(Cl)cc1Cl)Nc1ccccc1Sc1ccccc1. The summed E-state index contributed by atoms with van der Waals surface area (Å²) >= 11 is 13.5. The Balaban J connectivity index is 1.56. The fraction of sp³-hybridized carbons (Fsp3) is 0.0476. The molecule has 0 radical (unpaired) electrons. The number of para-hydroxylation sites is 1. The summed E-state index contributed by atoms with van der Waals surface area (Å²) < 4.78 is 0. The molecule has 0 saturated carbocycles. The van der Waals surface area contributed by atoms with Gasteiger partial charge in [-0.2, -0.15) is 0 Å². The van der Waals surface area contributed by atoms with Crippen LogP contribution in [0.15, 0.2) is 87.7 Å². The van der Waals surface area contributed by atoms with Gasteiger partial charge in [-0.15, -0.1) is 0 Å². The van der Waals surface area contributed by atoms with Crippen molar-refractivity contribution in [1.29, 1.82) is 0 Å². The molecular formula is C21H16Cl2N2O2S. The molecule has 0 aromatic heterocycles. The number of halogens is 2. The van der Waals surface area contributed by atoms with Crippen molar-refractivity contribution in [3.63, 3.8) is 0 Å². The molecule has 1 N–H and O–H groups in total. The average molecular weight is 431 g/mol. The highest BCUT2D eigenvalue weighted by atomic mass is 35.5. The van der Waals surface area contributed by atoms with Crippen LogP contribution in [0.2, 0.25) is 10.0 Å². The summed E-state index contributed by atoms with van der Waals surface area (Å²) in [6, 6.07) is 22.6. The number of carbonyl (C=O) groups excluding carboxylic acids is 1. The first-order valence-electron chi connectivity index (χ1n) is 8.34. The molecule has 0 heterocycles. The zero-order valence-electron chi connectivity index (χ0n) is 14.6. The topological polar surface area (TPSA) is 50.7 Å². The smallest absolute Gasteiger partial charge is 0.265 e. The highest BCUT2D eigenvalue weighted by Gasteiger charge is 2.08. The van der Waals surface area contributed by atoms with Crippen molar-refractivity contribution in [2.24, 2.45) is 5.16 Å². The Morgan fingerprint density at radius 3 is 2.57 bits per heavy atom. The Hall–Kier alpha value is -2.47. The number of anilines is 1. The van der Waals surface area contributed by atoms with Gasteiger partial charge in [-0.05, 0) is 36.4 Å². The molecule has 0 atom stereocenters. The summed E-state index contributed by atoms with van der Waals surface area (Å²) in [5.74, 6) is -0.305. The Kier molecular flexibility index (Phi) is 7.37. The van der Waals surface area contributed by atoms with Crippen LogP contribution in [-0.4, -0.2) is 18.7 Å². The van der Waals surface area contributed by atoms with Crippen molar-refractivity contribution in [1.82, 2.24) is 0 Å². The zero-order chi connectivity index (χ0) is 19.8. The summed E-state index contributed by atoms with van der Waals surface area (Å²) in [6.07, 6.45) is 1.44. The van der Waals surface area contributed by atoms with E-state index in [1.165, 1.54) is 6.21 Å². The zero-order valence-corrected chi connectivity index (χ0v) is 17.0. The molecule has 3 aromatic carbocycles. The lowest BCUT2D eigenvalue weighted by atomic mass is 10.2. The number of rotatable bonds is 7. The van der Waals surface area contributed by atoms with Crippen molar-refractivity contribution in [2.45, 2.75) is 9.79 Å². The van der Waals surface area contributed by atoms with Gasteiger partial charge in [0.25, 0.3) is 5.91 Å². The van der Waals surface area contributed by atoms with E-state index >= 15 is 0 Å². The standard InChI is InChI=1S/C21H16Cl2N2O2S/c22-16-11-10-15(18(23)12-16)13-24-27-14-21(26)25-19-8-4-5-9-20(19)28-17-6-2-1-3-7-17/h1-13H,14H2,(H,25,26)/b24-13-. The summed E-state index contributed by atoms with van der Waals surface area (Å²) in [5.41, 5.74) is 1.37. The van der Waals surface area contributed by atoms with Gasteiger partial charge in [0.05, 0.1) is 16.9 Å². The molecule has 0 aliphatic carbocycles. The average Bonchev–Trinajstić information content (AvgIpc) is 2.69. The van der Waals surface area contributed by atoms with E-state index in [0.717, 1.165) is 15.5 Å². The Morgan fingerprint density at radius 1 is 1.04 bits per heavy atom. The minimum absolute atomic E-state index is 0.216. The van der Waals surface area contributed by atoms with Gasteiger partial charge in [0.2, 0.25) is 0 Å². The normalized spacial score (nSPS) is 10.8. The van der Waals surface area contributed by atoms with Gasteiger partial charge in [-0.3, -0.25) is 4.79 Å². The number of hydrogen-bond donors (Lipinski definition) is 1. The number of nitrogens with zero attached hydrogens (tertiary/aromatic N) is 1. The van der Waals surface area contributed by atoms with Crippen LogP contribution in [0.25, 0.3) is 0 Å². The maximum absolute atomic E-state index is 12.2. The third-order valence-electron chi connectivity index (χ3n) is 3.56. The van der Waals surface area contributed by atoms with E-state index in [0.29, 0.717) is 15.6 Å². The van der Waals surface area contributed by atoms with Gasteiger partial charge < -0.3 is 10.2 Å². The third kappa shape index (κ3) is 6.02. The second kappa shape index (κ2) is 10.2. The van der Waals surface area contributed by atoms with Crippen LogP contribution in [0.3, 0.4) is 0 Å². The van der Waals surface area contributed by atoms with Crippen LogP contribution in [0, 0.1) is 0 Å². The Bertz CT molecular complexity index is 981. The van der Waals surface area contributed by atoms with Gasteiger partial charge in [-0.1, -0.05) is 76.5 Å². The van der Waals surface area contributed by atoms with E-state index in [9.17, 15) is 4.79 Å². The van der Waals surface area contributed by atoms with E-state index in [-0.39, 0.29) is 12.5 Å². The van der Waals surface area contributed by atoms with Crippen LogP contribution >= 0.6 is 35.0 Å². The molecule has 0 fully saturated rings. The maximum atomic E-state index is 12.2. The molecule has 0 aliphatic rings. The minimum atomic E-state index is -0.305. The molecule has 3 aromatic rings. The van der Waals surface area contributed by atoms with E-state index in [1.54, 1.807) is 30.0 Å². The third-order valence-corrected chi connectivity index (χ3v) is 5.20. The van der Waals surface area contributed by atoms with Gasteiger partial charge in [0, 0.05) is 20.4 Å². The molecule has 4 nitrogen and oxygen atoms in total. The Labute approximate surface area is 177 Å². The summed E-state index contributed by atoms with van der Waals surface area (Å²) in [4.78, 5) is 19.3. The molecule has 3 rings (SSSR count). The second-order valence-electron chi connectivity index (χ2n) is 5.63. The summed E-state index contributed by atoms with van der Waals surface area (Å²) in [7, 11) is 0.